The average molecular weight is 274 g/mol. The van der Waals surface area contributed by atoms with Gasteiger partial charge in [-0.05, 0) is 20.3 Å². The SMILES string of the molecule is CCCN(CC(=O)OCC)C(=O)NC(C)CC(=O)O. The maximum absolute atomic E-state index is 11.9. The first-order valence-corrected chi connectivity index (χ1v) is 6.33. The zero-order valence-corrected chi connectivity index (χ0v) is 11.6. The molecule has 0 saturated carbocycles. The van der Waals surface area contributed by atoms with Gasteiger partial charge in [-0.25, -0.2) is 4.79 Å². The van der Waals surface area contributed by atoms with Gasteiger partial charge in [0.1, 0.15) is 6.54 Å². The van der Waals surface area contributed by atoms with Crippen LogP contribution in [-0.2, 0) is 14.3 Å². The van der Waals surface area contributed by atoms with Crippen molar-refractivity contribution in [2.75, 3.05) is 19.7 Å². The highest BCUT2D eigenvalue weighted by molar-refractivity contribution is 5.81. The second-order valence-electron chi connectivity index (χ2n) is 4.17. The van der Waals surface area contributed by atoms with Crippen LogP contribution < -0.4 is 5.32 Å². The van der Waals surface area contributed by atoms with Crippen LogP contribution in [0.25, 0.3) is 0 Å². The second kappa shape index (κ2) is 9.18. The third-order valence-corrected chi connectivity index (χ3v) is 2.26. The van der Waals surface area contributed by atoms with E-state index in [0.717, 1.165) is 0 Å². The van der Waals surface area contributed by atoms with Crippen LogP contribution in [0.4, 0.5) is 4.79 Å². The predicted molar refractivity (Wildman–Crippen MR) is 68.7 cm³/mol. The van der Waals surface area contributed by atoms with Crippen molar-refractivity contribution in [2.45, 2.75) is 39.7 Å². The minimum absolute atomic E-state index is 0.132. The van der Waals surface area contributed by atoms with Gasteiger partial charge in [-0.3, -0.25) is 9.59 Å². The quantitative estimate of drug-likeness (QED) is 0.639. The number of carboxylic acid groups (broad SMARTS) is 1. The topological polar surface area (TPSA) is 95.9 Å². The summed E-state index contributed by atoms with van der Waals surface area (Å²) in [5.41, 5.74) is 0. The van der Waals surface area contributed by atoms with Gasteiger partial charge in [0.2, 0.25) is 0 Å². The van der Waals surface area contributed by atoms with Crippen LogP contribution in [-0.4, -0.2) is 53.7 Å². The number of carbonyl (C=O) groups is 3. The number of carboxylic acids is 1. The molecule has 7 nitrogen and oxygen atoms in total. The number of urea groups is 1. The molecule has 0 aromatic rings. The number of ether oxygens (including phenoxy) is 1. The summed E-state index contributed by atoms with van der Waals surface area (Å²) in [6, 6.07) is -0.949. The number of rotatable bonds is 8. The Kier molecular flexibility index (Phi) is 8.32. The van der Waals surface area contributed by atoms with E-state index in [0.29, 0.717) is 13.0 Å². The Morgan fingerprint density at radius 3 is 2.42 bits per heavy atom. The van der Waals surface area contributed by atoms with E-state index in [1.54, 1.807) is 13.8 Å². The standard InChI is InChI=1S/C12H22N2O5/c1-4-6-14(8-11(17)19-5-2)12(18)13-9(3)7-10(15)16/h9H,4-8H2,1-3H3,(H,13,18)(H,15,16). The lowest BCUT2D eigenvalue weighted by Crippen LogP contribution is -2.47. The highest BCUT2D eigenvalue weighted by atomic mass is 16.5. The van der Waals surface area contributed by atoms with Crippen molar-refractivity contribution in [1.29, 1.82) is 0 Å². The predicted octanol–water partition coefficient (Wildman–Crippen LogP) is 0.834. The van der Waals surface area contributed by atoms with Crippen molar-refractivity contribution >= 4 is 18.0 Å². The summed E-state index contributed by atoms with van der Waals surface area (Å²) >= 11 is 0. The zero-order valence-electron chi connectivity index (χ0n) is 11.6. The molecule has 2 N–H and O–H groups in total. The van der Waals surface area contributed by atoms with E-state index in [-0.39, 0.29) is 19.6 Å². The smallest absolute Gasteiger partial charge is 0.325 e. The molecule has 19 heavy (non-hydrogen) atoms. The van der Waals surface area contributed by atoms with Gasteiger partial charge in [-0.2, -0.15) is 0 Å². The fourth-order valence-electron chi connectivity index (χ4n) is 1.50. The van der Waals surface area contributed by atoms with Crippen molar-refractivity contribution in [3.8, 4) is 0 Å². The maximum Gasteiger partial charge on any atom is 0.325 e. The molecule has 0 spiro atoms. The summed E-state index contributed by atoms with van der Waals surface area (Å²) in [4.78, 5) is 35.1. The van der Waals surface area contributed by atoms with E-state index in [4.69, 9.17) is 9.84 Å². The van der Waals surface area contributed by atoms with E-state index in [9.17, 15) is 14.4 Å². The molecule has 0 radical (unpaired) electrons. The number of hydrogen-bond acceptors (Lipinski definition) is 4. The van der Waals surface area contributed by atoms with Crippen LogP contribution in [0, 0.1) is 0 Å². The van der Waals surface area contributed by atoms with Gasteiger partial charge in [0, 0.05) is 12.6 Å². The molecule has 1 unspecified atom stereocenters. The van der Waals surface area contributed by atoms with Crippen LogP contribution in [0.5, 0.6) is 0 Å². The van der Waals surface area contributed by atoms with Crippen molar-refractivity contribution in [3.63, 3.8) is 0 Å². The molecule has 1 atom stereocenters. The van der Waals surface area contributed by atoms with Gasteiger partial charge in [-0.1, -0.05) is 6.92 Å². The average Bonchev–Trinajstić information content (AvgIpc) is 2.27. The van der Waals surface area contributed by atoms with Crippen LogP contribution in [0.1, 0.15) is 33.6 Å². The lowest BCUT2D eigenvalue weighted by molar-refractivity contribution is -0.144. The molecule has 0 aliphatic heterocycles. The summed E-state index contributed by atoms with van der Waals surface area (Å²) in [5.74, 6) is -1.46. The summed E-state index contributed by atoms with van der Waals surface area (Å²) in [5, 5.41) is 11.2. The summed E-state index contributed by atoms with van der Waals surface area (Å²) in [6.45, 7) is 5.71. The third-order valence-electron chi connectivity index (χ3n) is 2.26. The van der Waals surface area contributed by atoms with E-state index in [2.05, 4.69) is 5.32 Å². The summed E-state index contributed by atoms with van der Waals surface area (Å²) in [6.07, 6.45) is 0.533. The molecule has 0 aromatic heterocycles. The molecular formula is C12H22N2O5. The van der Waals surface area contributed by atoms with Crippen LogP contribution >= 0.6 is 0 Å². The summed E-state index contributed by atoms with van der Waals surface area (Å²) < 4.78 is 4.78. The maximum atomic E-state index is 11.9. The minimum atomic E-state index is -0.986. The fraction of sp³-hybridized carbons (Fsp3) is 0.750. The van der Waals surface area contributed by atoms with Crippen molar-refractivity contribution in [1.82, 2.24) is 10.2 Å². The molecule has 110 valence electrons. The molecule has 2 amide bonds. The monoisotopic (exact) mass is 274 g/mol. The van der Waals surface area contributed by atoms with Gasteiger partial charge in [0.15, 0.2) is 0 Å². The number of aliphatic carboxylic acids is 1. The number of nitrogens with zero attached hydrogens (tertiary/aromatic N) is 1. The first kappa shape index (κ1) is 17.2. The van der Waals surface area contributed by atoms with Crippen molar-refractivity contribution in [3.05, 3.63) is 0 Å². The Morgan fingerprint density at radius 1 is 1.32 bits per heavy atom. The largest absolute Gasteiger partial charge is 0.481 e. The first-order chi connectivity index (χ1) is 8.90. The highest BCUT2D eigenvalue weighted by Crippen LogP contribution is 1.98. The minimum Gasteiger partial charge on any atom is -0.481 e. The molecular weight excluding hydrogens is 252 g/mol. The number of hydrogen-bond donors (Lipinski definition) is 2. The third kappa shape index (κ3) is 8.01. The van der Waals surface area contributed by atoms with E-state index < -0.39 is 24.0 Å². The van der Waals surface area contributed by atoms with Gasteiger partial charge >= 0.3 is 18.0 Å². The Morgan fingerprint density at radius 2 is 1.95 bits per heavy atom. The number of carbonyl (C=O) groups excluding carboxylic acids is 2. The number of amides is 2. The molecule has 0 heterocycles. The molecule has 0 fully saturated rings. The Balaban J connectivity index is 4.39. The van der Waals surface area contributed by atoms with Crippen LogP contribution in [0.15, 0.2) is 0 Å². The van der Waals surface area contributed by atoms with Gasteiger partial charge in [-0.15, -0.1) is 0 Å². The first-order valence-electron chi connectivity index (χ1n) is 6.33. The number of nitrogens with one attached hydrogen (secondary N) is 1. The van der Waals surface area contributed by atoms with Crippen LogP contribution in [0.3, 0.4) is 0 Å². The lowest BCUT2D eigenvalue weighted by Gasteiger charge is -2.23. The van der Waals surface area contributed by atoms with Crippen LogP contribution in [0.2, 0.25) is 0 Å². The van der Waals surface area contributed by atoms with Crippen molar-refractivity contribution in [2.24, 2.45) is 0 Å². The van der Waals surface area contributed by atoms with Gasteiger partial charge < -0.3 is 20.1 Å². The second-order valence-corrected chi connectivity index (χ2v) is 4.17. The highest BCUT2D eigenvalue weighted by Gasteiger charge is 2.19. The van der Waals surface area contributed by atoms with Gasteiger partial charge in [0.05, 0.1) is 13.0 Å². The fourth-order valence-corrected chi connectivity index (χ4v) is 1.50. The Hall–Kier alpha value is -1.79. The molecule has 0 aliphatic carbocycles. The summed E-state index contributed by atoms with van der Waals surface area (Å²) in [7, 11) is 0. The number of esters is 1. The normalized spacial score (nSPS) is 11.5. The van der Waals surface area contributed by atoms with Gasteiger partial charge in [0.25, 0.3) is 0 Å². The zero-order chi connectivity index (χ0) is 14.8. The van der Waals surface area contributed by atoms with E-state index in [1.165, 1.54) is 4.90 Å². The Labute approximate surface area is 112 Å². The van der Waals surface area contributed by atoms with E-state index in [1.807, 2.05) is 6.92 Å². The molecule has 7 heteroatoms. The molecule has 0 bridgehead atoms. The molecule has 0 aromatic carbocycles. The Bertz CT molecular complexity index is 319. The molecule has 0 aliphatic rings. The van der Waals surface area contributed by atoms with Crippen molar-refractivity contribution < 1.29 is 24.2 Å². The van der Waals surface area contributed by atoms with E-state index >= 15 is 0 Å². The molecule has 0 rings (SSSR count). The lowest BCUT2D eigenvalue weighted by atomic mass is 10.2. The molecule has 0 saturated heterocycles.